The van der Waals surface area contributed by atoms with Gasteiger partial charge in [0.1, 0.15) is 0 Å². The molecule has 154 valence electrons. The van der Waals surface area contributed by atoms with Crippen LogP contribution < -0.4 is 0 Å². The van der Waals surface area contributed by atoms with Gasteiger partial charge in [-0.15, -0.1) is 0 Å². The first kappa shape index (κ1) is 21.3. The van der Waals surface area contributed by atoms with Crippen LogP contribution in [0.3, 0.4) is 0 Å². The standard InChI is InChI=1S/C26H26O4/c27-25(29-18-8-14-21-10-3-1-4-11-21)23-16-7-17-24(20-23)26(28)30-19-9-15-22-12-5-2-6-13-22/h1-7,10-13,16-17,20H,8-9,14-15,18-19H2. The molecule has 0 aromatic heterocycles. The highest BCUT2D eigenvalue weighted by Crippen LogP contribution is 2.10. The summed E-state index contributed by atoms with van der Waals surface area (Å²) in [5.41, 5.74) is 3.14. The van der Waals surface area contributed by atoms with Gasteiger partial charge in [0.15, 0.2) is 0 Å². The number of benzene rings is 3. The molecule has 0 saturated carbocycles. The SMILES string of the molecule is O=C(OCCCc1ccccc1)c1cccc(C(=O)OCCCc2ccccc2)c1. The van der Waals surface area contributed by atoms with Gasteiger partial charge < -0.3 is 9.47 Å². The first-order valence-corrected chi connectivity index (χ1v) is 10.2. The van der Waals surface area contributed by atoms with Gasteiger partial charge in [-0.1, -0.05) is 66.7 Å². The van der Waals surface area contributed by atoms with Crippen LogP contribution in [0.15, 0.2) is 84.9 Å². The van der Waals surface area contributed by atoms with Gasteiger partial charge in [-0.3, -0.25) is 0 Å². The summed E-state index contributed by atoms with van der Waals surface area (Å²) in [6.45, 7) is 0.670. The molecule has 0 amide bonds. The van der Waals surface area contributed by atoms with Crippen molar-refractivity contribution in [2.45, 2.75) is 25.7 Å². The quantitative estimate of drug-likeness (QED) is 0.343. The summed E-state index contributed by atoms with van der Waals surface area (Å²) >= 11 is 0. The molecule has 0 N–H and O–H groups in total. The lowest BCUT2D eigenvalue weighted by Gasteiger charge is -2.08. The number of aryl methyl sites for hydroxylation is 2. The molecule has 4 heteroatoms. The van der Waals surface area contributed by atoms with Gasteiger partial charge in [0.25, 0.3) is 0 Å². The molecule has 0 radical (unpaired) electrons. The smallest absolute Gasteiger partial charge is 0.338 e. The van der Waals surface area contributed by atoms with Gasteiger partial charge in [0, 0.05) is 0 Å². The van der Waals surface area contributed by atoms with E-state index < -0.39 is 11.9 Å². The van der Waals surface area contributed by atoms with Crippen LogP contribution in [0.1, 0.15) is 44.7 Å². The van der Waals surface area contributed by atoms with Crippen molar-refractivity contribution in [2.24, 2.45) is 0 Å². The molecular weight excluding hydrogens is 376 g/mol. The van der Waals surface area contributed by atoms with Crippen LogP contribution >= 0.6 is 0 Å². The van der Waals surface area contributed by atoms with Crippen molar-refractivity contribution in [2.75, 3.05) is 13.2 Å². The molecule has 0 aliphatic rings. The molecule has 0 bridgehead atoms. The summed E-state index contributed by atoms with van der Waals surface area (Å²) in [7, 11) is 0. The number of ether oxygens (including phenoxy) is 2. The summed E-state index contributed by atoms with van der Waals surface area (Å²) in [5.74, 6) is -0.858. The van der Waals surface area contributed by atoms with E-state index in [1.165, 1.54) is 17.2 Å². The Labute approximate surface area is 177 Å². The Morgan fingerprint density at radius 2 is 1.00 bits per heavy atom. The van der Waals surface area contributed by atoms with Crippen molar-refractivity contribution in [1.82, 2.24) is 0 Å². The lowest BCUT2D eigenvalue weighted by Crippen LogP contribution is -2.11. The monoisotopic (exact) mass is 402 g/mol. The van der Waals surface area contributed by atoms with Crippen LogP contribution in [0, 0.1) is 0 Å². The molecule has 0 atom stereocenters. The predicted octanol–water partition coefficient (Wildman–Crippen LogP) is 5.27. The molecule has 3 rings (SSSR count). The molecule has 0 fully saturated rings. The molecule has 0 unspecified atom stereocenters. The zero-order chi connectivity index (χ0) is 21.0. The van der Waals surface area contributed by atoms with E-state index in [9.17, 15) is 9.59 Å². The predicted molar refractivity (Wildman–Crippen MR) is 117 cm³/mol. The number of hydrogen-bond acceptors (Lipinski definition) is 4. The molecule has 3 aromatic rings. The summed E-state index contributed by atoms with van der Waals surface area (Å²) in [4.78, 5) is 24.5. The van der Waals surface area contributed by atoms with Crippen LogP contribution in [0.4, 0.5) is 0 Å². The van der Waals surface area contributed by atoms with Gasteiger partial charge in [-0.05, 0) is 55.0 Å². The van der Waals surface area contributed by atoms with Crippen LogP contribution in [0.2, 0.25) is 0 Å². The van der Waals surface area contributed by atoms with E-state index >= 15 is 0 Å². The molecular formula is C26H26O4. The number of carbonyl (C=O) groups excluding carboxylic acids is 2. The summed E-state index contributed by atoms with van der Waals surface area (Å²) in [5, 5.41) is 0. The Morgan fingerprint density at radius 1 is 0.567 bits per heavy atom. The van der Waals surface area contributed by atoms with Crippen LogP contribution in [-0.2, 0) is 22.3 Å². The maximum atomic E-state index is 12.3. The first-order chi connectivity index (χ1) is 14.7. The van der Waals surface area contributed by atoms with E-state index in [4.69, 9.17) is 9.47 Å². The fraction of sp³-hybridized carbons (Fsp3) is 0.231. The van der Waals surface area contributed by atoms with Crippen molar-refractivity contribution < 1.29 is 19.1 Å². The van der Waals surface area contributed by atoms with E-state index in [0.29, 0.717) is 24.3 Å². The molecule has 0 aliphatic heterocycles. The maximum Gasteiger partial charge on any atom is 0.338 e. The second-order valence-corrected chi connectivity index (χ2v) is 7.03. The highest BCUT2D eigenvalue weighted by Gasteiger charge is 2.12. The first-order valence-electron chi connectivity index (χ1n) is 10.2. The average molecular weight is 402 g/mol. The minimum Gasteiger partial charge on any atom is -0.462 e. The molecule has 0 heterocycles. The Kier molecular flexibility index (Phi) is 8.22. The van der Waals surface area contributed by atoms with Crippen molar-refractivity contribution in [3.8, 4) is 0 Å². The van der Waals surface area contributed by atoms with E-state index in [-0.39, 0.29) is 0 Å². The minimum absolute atomic E-state index is 0.335. The third kappa shape index (κ3) is 6.89. The van der Waals surface area contributed by atoms with Crippen molar-refractivity contribution in [1.29, 1.82) is 0 Å². The van der Waals surface area contributed by atoms with Crippen LogP contribution in [0.5, 0.6) is 0 Å². The number of esters is 2. The van der Waals surface area contributed by atoms with Crippen LogP contribution in [0.25, 0.3) is 0 Å². The summed E-state index contributed by atoms with van der Waals surface area (Å²) in [6, 6.07) is 26.6. The number of hydrogen-bond donors (Lipinski definition) is 0. The summed E-state index contributed by atoms with van der Waals surface area (Å²) < 4.78 is 10.7. The van der Waals surface area contributed by atoms with Crippen LogP contribution in [-0.4, -0.2) is 25.2 Å². The maximum absolute atomic E-state index is 12.3. The summed E-state index contributed by atoms with van der Waals surface area (Å²) in [6.07, 6.45) is 3.20. The molecule has 0 aliphatic carbocycles. The Balaban J connectivity index is 1.41. The highest BCUT2D eigenvalue weighted by molar-refractivity contribution is 5.95. The Morgan fingerprint density at radius 3 is 1.43 bits per heavy atom. The number of rotatable bonds is 10. The van der Waals surface area contributed by atoms with Gasteiger partial charge in [0.2, 0.25) is 0 Å². The molecule has 0 spiro atoms. The van der Waals surface area contributed by atoms with Gasteiger partial charge in [0.05, 0.1) is 24.3 Å². The largest absolute Gasteiger partial charge is 0.462 e. The van der Waals surface area contributed by atoms with E-state index in [1.807, 2.05) is 36.4 Å². The minimum atomic E-state index is -0.429. The highest BCUT2D eigenvalue weighted by atomic mass is 16.5. The van der Waals surface area contributed by atoms with E-state index in [1.54, 1.807) is 18.2 Å². The third-order valence-corrected chi connectivity index (χ3v) is 4.71. The molecule has 0 saturated heterocycles. The third-order valence-electron chi connectivity index (χ3n) is 4.71. The molecule has 30 heavy (non-hydrogen) atoms. The van der Waals surface area contributed by atoms with Crippen molar-refractivity contribution >= 4 is 11.9 Å². The fourth-order valence-corrected chi connectivity index (χ4v) is 3.11. The Bertz CT molecular complexity index is 861. The van der Waals surface area contributed by atoms with Gasteiger partial charge in [-0.2, -0.15) is 0 Å². The normalized spacial score (nSPS) is 10.4. The van der Waals surface area contributed by atoms with E-state index in [2.05, 4.69) is 24.3 Å². The zero-order valence-electron chi connectivity index (χ0n) is 17.0. The van der Waals surface area contributed by atoms with Crippen molar-refractivity contribution in [3.05, 3.63) is 107 Å². The number of carbonyl (C=O) groups is 2. The molecule has 4 nitrogen and oxygen atoms in total. The zero-order valence-corrected chi connectivity index (χ0v) is 17.0. The lowest BCUT2D eigenvalue weighted by atomic mass is 10.1. The topological polar surface area (TPSA) is 52.6 Å². The molecule has 3 aromatic carbocycles. The van der Waals surface area contributed by atoms with Gasteiger partial charge >= 0.3 is 11.9 Å². The Hall–Kier alpha value is -3.40. The average Bonchev–Trinajstić information content (AvgIpc) is 2.81. The van der Waals surface area contributed by atoms with Gasteiger partial charge in [-0.25, -0.2) is 9.59 Å². The van der Waals surface area contributed by atoms with E-state index in [0.717, 1.165) is 25.7 Å². The lowest BCUT2D eigenvalue weighted by molar-refractivity contribution is 0.0499. The van der Waals surface area contributed by atoms with Crippen molar-refractivity contribution in [3.63, 3.8) is 0 Å². The second-order valence-electron chi connectivity index (χ2n) is 7.03. The fourth-order valence-electron chi connectivity index (χ4n) is 3.11. The second kappa shape index (κ2) is 11.6.